The first-order chi connectivity index (χ1) is 6.43. The molecule has 0 saturated heterocycles. The fraction of sp³-hybridized carbons (Fsp3) is 0.667. The minimum atomic E-state index is 0. The van der Waals surface area contributed by atoms with Crippen molar-refractivity contribution in [3.8, 4) is 0 Å². The van der Waals surface area contributed by atoms with Crippen LogP contribution in [-0.2, 0) is 25.9 Å². The van der Waals surface area contributed by atoms with E-state index in [-0.39, 0.29) is 31.9 Å². The average molecular weight is 297 g/mol. The van der Waals surface area contributed by atoms with Gasteiger partial charge in [-0.05, 0) is 0 Å². The Morgan fingerprint density at radius 3 is 2.40 bits per heavy atom. The van der Waals surface area contributed by atoms with Gasteiger partial charge in [-0.15, -0.1) is 22.7 Å². The van der Waals surface area contributed by atoms with Crippen LogP contribution in [0.2, 0.25) is 0 Å². The first kappa shape index (κ1) is 18.0. The van der Waals surface area contributed by atoms with E-state index in [1.54, 1.807) is 11.3 Å². The third-order valence-electron chi connectivity index (χ3n) is 2.30. The molecule has 0 aliphatic heterocycles. The molecule has 1 rings (SSSR count). The van der Waals surface area contributed by atoms with Crippen molar-refractivity contribution >= 4 is 23.7 Å². The summed E-state index contributed by atoms with van der Waals surface area (Å²) < 4.78 is 0. The van der Waals surface area contributed by atoms with Crippen LogP contribution in [0, 0.1) is 5.38 Å². The van der Waals surface area contributed by atoms with Gasteiger partial charge in [0.25, 0.3) is 0 Å². The van der Waals surface area contributed by atoms with Gasteiger partial charge in [-0.3, -0.25) is 0 Å². The molecule has 84 valence electrons. The predicted octanol–water partition coefficient (Wildman–Crippen LogP) is 4.87. The van der Waals surface area contributed by atoms with Gasteiger partial charge in [0.15, 0.2) is 0 Å². The van der Waals surface area contributed by atoms with Crippen molar-refractivity contribution in [3.05, 3.63) is 22.4 Å². The SMILES string of the molecule is CCCCCCCCc1cc[c-]s1.Cl.[Zn]. The maximum atomic E-state index is 3.13. The first-order valence-corrected chi connectivity index (χ1v) is 6.20. The van der Waals surface area contributed by atoms with E-state index >= 15 is 0 Å². The number of thiophene rings is 1. The topological polar surface area (TPSA) is 0 Å². The number of aryl methyl sites for hydroxylation is 1. The van der Waals surface area contributed by atoms with E-state index in [0.717, 1.165) is 0 Å². The molecule has 0 bridgehead atoms. The van der Waals surface area contributed by atoms with Crippen LogP contribution in [0.25, 0.3) is 0 Å². The Morgan fingerprint density at radius 2 is 1.80 bits per heavy atom. The maximum Gasteiger partial charge on any atom is 0 e. The summed E-state index contributed by atoms with van der Waals surface area (Å²) in [6, 6.07) is 4.22. The van der Waals surface area contributed by atoms with Crippen LogP contribution in [0.3, 0.4) is 0 Å². The van der Waals surface area contributed by atoms with Crippen molar-refractivity contribution in [2.45, 2.75) is 51.9 Å². The fourth-order valence-corrected chi connectivity index (χ4v) is 2.15. The van der Waals surface area contributed by atoms with Crippen LogP contribution in [0.5, 0.6) is 0 Å². The molecule has 3 heteroatoms. The summed E-state index contributed by atoms with van der Waals surface area (Å²) in [7, 11) is 0. The zero-order chi connectivity index (χ0) is 9.36. The van der Waals surface area contributed by atoms with Crippen molar-refractivity contribution in [1.29, 1.82) is 0 Å². The average Bonchev–Trinajstić information content (AvgIpc) is 2.63. The largest absolute Gasteiger partial charge is 0.300 e. The van der Waals surface area contributed by atoms with Gasteiger partial charge >= 0.3 is 0 Å². The van der Waals surface area contributed by atoms with Gasteiger partial charge in [-0.2, -0.15) is 6.07 Å². The molecule has 0 aliphatic rings. The maximum absolute atomic E-state index is 3.13. The van der Waals surface area contributed by atoms with Crippen LogP contribution in [-0.4, -0.2) is 0 Å². The van der Waals surface area contributed by atoms with Crippen molar-refractivity contribution in [3.63, 3.8) is 0 Å². The third-order valence-corrected chi connectivity index (χ3v) is 3.16. The molecule has 0 nitrogen and oxygen atoms in total. The van der Waals surface area contributed by atoms with Gasteiger partial charge in [0.2, 0.25) is 0 Å². The summed E-state index contributed by atoms with van der Waals surface area (Å²) in [5.74, 6) is 0. The summed E-state index contributed by atoms with van der Waals surface area (Å²) in [4.78, 5) is 1.50. The number of hydrogen-bond donors (Lipinski definition) is 0. The van der Waals surface area contributed by atoms with Crippen molar-refractivity contribution in [2.75, 3.05) is 0 Å². The Bertz CT molecular complexity index is 199. The number of halogens is 1. The molecule has 0 aromatic carbocycles. The van der Waals surface area contributed by atoms with Crippen LogP contribution < -0.4 is 0 Å². The second-order valence-electron chi connectivity index (χ2n) is 3.54. The summed E-state index contributed by atoms with van der Waals surface area (Å²) in [6.07, 6.45) is 9.62. The fourth-order valence-electron chi connectivity index (χ4n) is 1.48. The molecule has 0 N–H and O–H groups in total. The van der Waals surface area contributed by atoms with E-state index in [1.807, 2.05) is 6.07 Å². The molecule has 1 aromatic heterocycles. The summed E-state index contributed by atoms with van der Waals surface area (Å²) in [5, 5.41) is 3.13. The number of hydrogen-bond acceptors (Lipinski definition) is 1. The monoisotopic (exact) mass is 295 g/mol. The van der Waals surface area contributed by atoms with Gasteiger partial charge in [0.1, 0.15) is 0 Å². The Kier molecular flexibility index (Phi) is 15.2. The van der Waals surface area contributed by atoms with E-state index in [9.17, 15) is 0 Å². The molecule has 0 aliphatic carbocycles. The Balaban J connectivity index is 0. The molecule has 0 fully saturated rings. The minimum Gasteiger partial charge on any atom is -0.300 e. The normalized spacial score (nSPS) is 9.13. The van der Waals surface area contributed by atoms with Crippen LogP contribution in [0.1, 0.15) is 50.3 Å². The van der Waals surface area contributed by atoms with Gasteiger partial charge in [-0.1, -0.05) is 51.9 Å². The van der Waals surface area contributed by atoms with Gasteiger partial charge in [0, 0.05) is 19.5 Å². The Hall–Kier alpha value is 0.613. The predicted molar refractivity (Wildman–Crippen MR) is 67.5 cm³/mol. The molecule has 0 spiro atoms. The second kappa shape index (κ2) is 12.7. The molecule has 0 unspecified atom stereocenters. The quantitative estimate of drug-likeness (QED) is 0.382. The zero-order valence-corrected chi connectivity index (χ0v) is 14.2. The molecule has 15 heavy (non-hydrogen) atoms. The molecule has 0 amide bonds. The summed E-state index contributed by atoms with van der Waals surface area (Å²) >= 11 is 1.77. The smallest absolute Gasteiger partial charge is 0 e. The first-order valence-electron chi connectivity index (χ1n) is 5.38. The molecular formula is C12H20ClSZn-. The molecule has 0 atom stereocenters. The van der Waals surface area contributed by atoms with Crippen molar-refractivity contribution in [1.82, 2.24) is 0 Å². The van der Waals surface area contributed by atoms with E-state index in [0.29, 0.717) is 0 Å². The zero-order valence-electron chi connectivity index (χ0n) is 9.63. The third kappa shape index (κ3) is 9.54. The van der Waals surface area contributed by atoms with Crippen LogP contribution >= 0.6 is 23.7 Å². The Morgan fingerprint density at radius 1 is 1.13 bits per heavy atom. The van der Waals surface area contributed by atoms with E-state index < -0.39 is 0 Å². The van der Waals surface area contributed by atoms with Crippen LogP contribution in [0.15, 0.2) is 12.1 Å². The van der Waals surface area contributed by atoms with Gasteiger partial charge in [-0.25, -0.2) is 6.07 Å². The molecule has 1 heterocycles. The number of unbranched alkanes of at least 4 members (excludes halogenated alkanes) is 5. The summed E-state index contributed by atoms with van der Waals surface area (Å²) in [6.45, 7) is 2.27. The Labute approximate surface area is 117 Å². The van der Waals surface area contributed by atoms with E-state index in [4.69, 9.17) is 0 Å². The second-order valence-corrected chi connectivity index (χ2v) is 4.50. The number of rotatable bonds is 7. The van der Waals surface area contributed by atoms with E-state index in [2.05, 4.69) is 18.4 Å². The molecule has 1 aromatic rings. The standard InChI is InChI=1S/C12H19S.ClH.Zn/c1-2-3-4-5-6-7-9-12-10-8-11-13-12;;/h8,10H,2-7,9H2,1H3;1H;/q-1;;. The molecule has 0 saturated carbocycles. The van der Waals surface area contributed by atoms with Crippen molar-refractivity contribution in [2.24, 2.45) is 0 Å². The molecule has 0 radical (unpaired) electrons. The van der Waals surface area contributed by atoms with Crippen LogP contribution in [0.4, 0.5) is 0 Å². The van der Waals surface area contributed by atoms with Gasteiger partial charge < -0.3 is 11.3 Å². The molecular weight excluding hydrogens is 277 g/mol. The summed E-state index contributed by atoms with van der Waals surface area (Å²) in [5.41, 5.74) is 0. The van der Waals surface area contributed by atoms with E-state index in [1.165, 1.54) is 49.8 Å². The van der Waals surface area contributed by atoms with Gasteiger partial charge in [0.05, 0.1) is 0 Å². The minimum absolute atomic E-state index is 0. The van der Waals surface area contributed by atoms with Crippen molar-refractivity contribution < 1.29 is 19.5 Å².